The molecule has 0 radical (unpaired) electrons. The molecule has 5 nitrogen and oxygen atoms in total. The number of hydrogen-bond donors (Lipinski definition) is 0. The van der Waals surface area contributed by atoms with Crippen molar-refractivity contribution in [1.29, 1.82) is 0 Å². The Morgan fingerprint density at radius 1 is 1.10 bits per heavy atom. The van der Waals surface area contributed by atoms with Crippen LogP contribution in [0.2, 0.25) is 0 Å². The lowest BCUT2D eigenvalue weighted by Gasteiger charge is -2.33. The summed E-state index contributed by atoms with van der Waals surface area (Å²) in [5, 5.41) is 0. The Bertz CT molecular complexity index is 520. The van der Waals surface area contributed by atoms with Gasteiger partial charge in [0.2, 0.25) is 10.0 Å². The summed E-state index contributed by atoms with van der Waals surface area (Å²) in [6.07, 6.45) is 0. The minimum atomic E-state index is -3.04. The molecule has 0 atom stereocenters. The topological polar surface area (TPSA) is 49.9 Å². The van der Waals surface area contributed by atoms with E-state index in [2.05, 4.69) is 4.90 Å². The lowest BCUT2D eigenvalue weighted by molar-refractivity contribution is 0.181. The second-order valence-electron chi connectivity index (χ2n) is 4.92. The smallest absolute Gasteiger partial charge is 0.213 e. The Kier molecular flexibility index (Phi) is 5.01. The van der Waals surface area contributed by atoms with Crippen molar-refractivity contribution in [2.24, 2.45) is 0 Å². The van der Waals surface area contributed by atoms with Crippen LogP contribution in [0.5, 0.6) is 5.75 Å². The van der Waals surface area contributed by atoms with Gasteiger partial charge in [0.15, 0.2) is 0 Å². The molecule has 0 saturated carbocycles. The summed E-state index contributed by atoms with van der Waals surface area (Å²) >= 11 is 0. The van der Waals surface area contributed by atoms with Gasteiger partial charge in [0.1, 0.15) is 5.75 Å². The molecule has 6 heteroatoms. The highest BCUT2D eigenvalue weighted by molar-refractivity contribution is 7.89. The molecule has 0 spiro atoms. The molecule has 2 rings (SSSR count). The Morgan fingerprint density at radius 3 is 2.20 bits per heavy atom. The number of benzene rings is 1. The van der Waals surface area contributed by atoms with Gasteiger partial charge in [-0.2, -0.15) is 4.31 Å². The molecule has 1 heterocycles. The molecule has 1 aliphatic rings. The van der Waals surface area contributed by atoms with Crippen LogP contribution in [0.1, 0.15) is 12.5 Å². The van der Waals surface area contributed by atoms with Crippen molar-refractivity contribution >= 4 is 10.0 Å². The molecule has 0 aromatic heterocycles. The Hall–Kier alpha value is -1.11. The number of methoxy groups -OCH3 is 1. The van der Waals surface area contributed by atoms with Gasteiger partial charge in [-0.25, -0.2) is 8.42 Å². The zero-order chi connectivity index (χ0) is 14.6. The van der Waals surface area contributed by atoms with Crippen molar-refractivity contribution in [3.63, 3.8) is 0 Å². The Morgan fingerprint density at radius 2 is 1.70 bits per heavy atom. The van der Waals surface area contributed by atoms with Crippen LogP contribution < -0.4 is 4.74 Å². The summed E-state index contributed by atoms with van der Waals surface area (Å²) in [6.45, 7) is 5.29. The molecule has 0 unspecified atom stereocenters. The number of rotatable bonds is 5. The number of piperazine rings is 1. The molecule has 0 N–H and O–H groups in total. The van der Waals surface area contributed by atoms with Gasteiger partial charge in [0, 0.05) is 32.7 Å². The summed E-state index contributed by atoms with van der Waals surface area (Å²) in [7, 11) is -1.38. The van der Waals surface area contributed by atoms with E-state index in [4.69, 9.17) is 4.74 Å². The largest absolute Gasteiger partial charge is 0.497 e. The maximum absolute atomic E-state index is 11.8. The van der Waals surface area contributed by atoms with Crippen LogP contribution in [-0.2, 0) is 16.6 Å². The normalized spacial score (nSPS) is 18.1. The van der Waals surface area contributed by atoms with E-state index < -0.39 is 10.0 Å². The maximum atomic E-state index is 11.8. The zero-order valence-corrected chi connectivity index (χ0v) is 12.9. The van der Waals surface area contributed by atoms with Gasteiger partial charge in [0.05, 0.1) is 12.9 Å². The van der Waals surface area contributed by atoms with Gasteiger partial charge in [-0.3, -0.25) is 4.90 Å². The fraction of sp³-hybridized carbons (Fsp3) is 0.571. The highest BCUT2D eigenvalue weighted by atomic mass is 32.2. The molecule has 20 heavy (non-hydrogen) atoms. The van der Waals surface area contributed by atoms with Crippen molar-refractivity contribution in [3.8, 4) is 5.75 Å². The summed E-state index contributed by atoms with van der Waals surface area (Å²) in [5.41, 5.74) is 1.22. The molecule has 112 valence electrons. The summed E-state index contributed by atoms with van der Waals surface area (Å²) in [4.78, 5) is 2.28. The molecule has 0 aliphatic carbocycles. The molecule has 1 aromatic carbocycles. The molecule has 1 saturated heterocycles. The van der Waals surface area contributed by atoms with Gasteiger partial charge in [-0.15, -0.1) is 0 Å². The number of sulfonamides is 1. The maximum Gasteiger partial charge on any atom is 0.213 e. The van der Waals surface area contributed by atoms with E-state index in [1.807, 2.05) is 24.3 Å². The van der Waals surface area contributed by atoms with E-state index >= 15 is 0 Å². The molecule has 0 amide bonds. The third kappa shape index (κ3) is 3.71. The van der Waals surface area contributed by atoms with Crippen molar-refractivity contribution < 1.29 is 13.2 Å². The van der Waals surface area contributed by atoms with Gasteiger partial charge < -0.3 is 4.74 Å². The molecule has 1 aliphatic heterocycles. The van der Waals surface area contributed by atoms with Crippen LogP contribution in [0.3, 0.4) is 0 Å². The van der Waals surface area contributed by atoms with Crippen molar-refractivity contribution in [2.75, 3.05) is 39.0 Å². The SMILES string of the molecule is CCS(=O)(=O)N1CCN(Cc2ccc(OC)cc2)CC1. The van der Waals surface area contributed by atoms with Crippen LogP contribution in [0.15, 0.2) is 24.3 Å². The van der Waals surface area contributed by atoms with Gasteiger partial charge in [-0.1, -0.05) is 12.1 Å². The van der Waals surface area contributed by atoms with E-state index in [0.717, 1.165) is 25.4 Å². The summed E-state index contributed by atoms with van der Waals surface area (Å²) in [6, 6.07) is 8.00. The minimum Gasteiger partial charge on any atom is -0.497 e. The quantitative estimate of drug-likeness (QED) is 0.818. The highest BCUT2D eigenvalue weighted by Gasteiger charge is 2.25. The first-order valence-corrected chi connectivity index (χ1v) is 8.49. The monoisotopic (exact) mass is 298 g/mol. The first kappa shape index (κ1) is 15.3. The van der Waals surface area contributed by atoms with Crippen LogP contribution in [-0.4, -0.2) is 56.7 Å². The summed E-state index contributed by atoms with van der Waals surface area (Å²) < 4.78 is 30.3. The Labute approximate surface area is 121 Å². The minimum absolute atomic E-state index is 0.186. The van der Waals surface area contributed by atoms with Gasteiger partial charge >= 0.3 is 0 Å². The average Bonchev–Trinajstić information content (AvgIpc) is 2.48. The third-order valence-electron chi connectivity index (χ3n) is 3.65. The van der Waals surface area contributed by atoms with E-state index in [9.17, 15) is 8.42 Å². The van der Waals surface area contributed by atoms with Crippen LogP contribution >= 0.6 is 0 Å². The molecular weight excluding hydrogens is 276 g/mol. The van der Waals surface area contributed by atoms with Gasteiger partial charge in [0.25, 0.3) is 0 Å². The zero-order valence-electron chi connectivity index (χ0n) is 12.1. The van der Waals surface area contributed by atoms with Gasteiger partial charge in [-0.05, 0) is 24.6 Å². The first-order chi connectivity index (χ1) is 9.55. The number of hydrogen-bond acceptors (Lipinski definition) is 4. The molecule has 0 bridgehead atoms. The fourth-order valence-electron chi connectivity index (χ4n) is 2.34. The van der Waals surface area contributed by atoms with E-state index in [0.29, 0.717) is 13.1 Å². The van der Waals surface area contributed by atoms with Crippen LogP contribution in [0.4, 0.5) is 0 Å². The van der Waals surface area contributed by atoms with E-state index in [1.54, 1.807) is 18.3 Å². The molecular formula is C14H22N2O3S. The Balaban J connectivity index is 1.88. The fourth-order valence-corrected chi connectivity index (χ4v) is 3.42. The van der Waals surface area contributed by atoms with E-state index in [1.165, 1.54) is 5.56 Å². The van der Waals surface area contributed by atoms with Crippen molar-refractivity contribution in [1.82, 2.24) is 9.21 Å². The molecule has 1 fully saturated rings. The standard InChI is InChI=1S/C14H22N2O3S/c1-3-20(17,18)16-10-8-15(9-11-16)12-13-4-6-14(19-2)7-5-13/h4-7H,3,8-12H2,1-2H3. The second kappa shape index (κ2) is 6.56. The van der Waals surface area contributed by atoms with Crippen molar-refractivity contribution in [2.45, 2.75) is 13.5 Å². The first-order valence-electron chi connectivity index (χ1n) is 6.88. The third-order valence-corrected chi connectivity index (χ3v) is 5.54. The number of ether oxygens (including phenoxy) is 1. The lowest BCUT2D eigenvalue weighted by atomic mass is 10.2. The lowest BCUT2D eigenvalue weighted by Crippen LogP contribution is -2.48. The second-order valence-corrected chi connectivity index (χ2v) is 7.18. The average molecular weight is 298 g/mol. The predicted octanol–water partition coefficient (Wildman–Crippen LogP) is 1.16. The van der Waals surface area contributed by atoms with Crippen LogP contribution in [0, 0.1) is 0 Å². The van der Waals surface area contributed by atoms with E-state index in [-0.39, 0.29) is 5.75 Å². The highest BCUT2D eigenvalue weighted by Crippen LogP contribution is 2.15. The van der Waals surface area contributed by atoms with Crippen LogP contribution in [0.25, 0.3) is 0 Å². The summed E-state index contributed by atoms with van der Waals surface area (Å²) in [5.74, 6) is 1.04. The number of nitrogens with zero attached hydrogens (tertiary/aromatic N) is 2. The van der Waals surface area contributed by atoms with Crippen molar-refractivity contribution in [3.05, 3.63) is 29.8 Å². The predicted molar refractivity (Wildman–Crippen MR) is 79.3 cm³/mol. The molecule has 1 aromatic rings.